The Hall–Kier alpha value is -0.930. The molecule has 0 spiro atoms. The Labute approximate surface area is 124 Å². The molecule has 0 atom stereocenters. The van der Waals surface area contributed by atoms with Gasteiger partial charge in [-0.2, -0.15) is 0 Å². The normalized spacial score (nSPS) is 10.8. The maximum Gasteiger partial charge on any atom is 0.159 e. The van der Waals surface area contributed by atoms with Crippen LogP contribution in [0.25, 0.3) is 11.3 Å². The highest BCUT2D eigenvalue weighted by molar-refractivity contribution is 7.73. The topological polar surface area (TPSA) is 15.8 Å². The molecule has 1 aromatic heterocycles. The van der Waals surface area contributed by atoms with Gasteiger partial charge in [0, 0.05) is 4.88 Å². The van der Waals surface area contributed by atoms with E-state index in [-0.39, 0.29) is 0 Å². The highest BCUT2D eigenvalue weighted by Crippen LogP contribution is 2.26. The SMILES string of the molecule is CCCCCCc1ccc(-c2[nH]c(=S)sc2C)cc1. The van der Waals surface area contributed by atoms with E-state index in [4.69, 9.17) is 12.2 Å². The molecule has 19 heavy (non-hydrogen) atoms. The number of hydrogen-bond donors (Lipinski definition) is 1. The van der Waals surface area contributed by atoms with Crippen molar-refractivity contribution in [2.45, 2.75) is 46.0 Å². The van der Waals surface area contributed by atoms with Crippen molar-refractivity contribution in [3.63, 3.8) is 0 Å². The largest absolute Gasteiger partial charge is 0.337 e. The third-order valence-corrected chi connectivity index (χ3v) is 4.54. The summed E-state index contributed by atoms with van der Waals surface area (Å²) < 4.78 is 0.858. The first-order chi connectivity index (χ1) is 9.20. The summed E-state index contributed by atoms with van der Waals surface area (Å²) in [5.41, 5.74) is 3.85. The van der Waals surface area contributed by atoms with Gasteiger partial charge in [-0.25, -0.2) is 0 Å². The Morgan fingerprint density at radius 1 is 1.11 bits per heavy atom. The van der Waals surface area contributed by atoms with Gasteiger partial charge in [0.1, 0.15) is 0 Å². The summed E-state index contributed by atoms with van der Waals surface area (Å²) in [5.74, 6) is 0. The molecule has 2 aromatic rings. The van der Waals surface area contributed by atoms with E-state index in [1.54, 1.807) is 11.3 Å². The zero-order valence-electron chi connectivity index (χ0n) is 11.7. The summed E-state index contributed by atoms with van der Waals surface area (Å²) >= 11 is 6.84. The third kappa shape index (κ3) is 4.02. The number of unbranched alkanes of at least 4 members (excludes halogenated alkanes) is 3. The molecule has 102 valence electrons. The summed E-state index contributed by atoms with van der Waals surface area (Å²) in [6.45, 7) is 4.37. The number of aromatic amines is 1. The Morgan fingerprint density at radius 3 is 2.42 bits per heavy atom. The van der Waals surface area contributed by atoms with Crippen molar-refractivity contribution in [1.82, 2.24) is 4.98 Å². The lowest BCUT2D eigenvalue weighted by Crippen LogP contribution is -1.87. The molecule has 0 aliphatic rings. The molecule has 0 aliphatic heterocycles. The lowest BCUT2D eigenvalue weighted by atomic mass is 10.0. The predicted octanol–water partition coefficient (Wildman–Crippen LogP) is 5.90. The second kappa shape index (κ2) is 7.01. The summed E-state index contributed by atoms with van der Waals surface area (Å²) in [5, 5.41) is 0. The molecule has 1 heterocycles. The minimum Gasteiger partial charge on any atom is -0.337 e. The van der Waals surface area contributed by atoms with Crippen molar-refractivity contribution in [2.75, 3.05) is 0 Å². The number of thiazole rings is 1. The van der Waals surface area contributed by atoms with E-state index < -0.39 is 0 Å². The van der Waals surface area contributed by atoms with Gasteiger partial charge in [-0.1, -0.05) is 50.5 Å². The van der Waals surface area contributed by atoms with Crippen LogP contribution >= 0.6 is 23.6 Å². The molecule has 0 aliphatic carbocycles. The van der Waals surface area contributed by atoms with Crippen molar-refractivity contribution in [3.8, 4) is 11.3 Å². The summed E-state index contributed by atoms with van der Waals surface area (Å²) in [7, 11) is 0. The first-order valence-corrected chi connectivity index (χ1v) is 8.22. The zero-order valence-corrected chi connectivity index (χ0v) is 13.3. The van der Waals surface area contributed by atoms with Gasteiger partial charge in [-0.3, -0.25) is 0 Å². The number of rotatable bonds is 6. The molecular weight excluding hydrogens is 270 g/mol. The van der Waals surface area contributed by atoms with Gasteiger partial charge < -0.3 is 4.98 Å². The molecule has 2 rings (SSSR count). The number of nitrogens with one attached hydrogen (secondary N) is 1. The fourth-order valence-corrected chi connectivity index (χ4v) is 3.45. The van der Waals surface area contributed by atoms with Crippen LogP contribution in [-0.4, -0.2) is 4.98 Å². The Balaban J connectivity index is 2.02. The fourth-order valence-electron chi connectivity index (χ4n) is 2.28. The maximum atomic E-state index is 5.19. The van der Waals surface area contributed by atoms with Crippen LogP contribution in [-0.2, 0) is 6.42 Å². The van der Waals surface area contributed by atoms with E-state index in [0.717, 1.165) is 3.95 Å². The van der Waals surface area contributed by atoms with E-state index in [9.17, 15) is 0 Å². The molecule has 0 amide bonds. The van der Waals surface area contributed by atoms with Gasteiger partial charge in [-0.15, -0.1) is 11.3 Å². The van der Waals surface area contributed by atoms with Crippen molar-refractivity contribution in [2.24, 2.45) is 0 Å². The molecule has 3 heteroatoms. The number of aryl methyl sites for hydroxylation is 2. The van der Waals surface area contributed by atoms with Gasteiger partial charge in [0.05, 0.1) is 5.69 Å². The highest BCUT2D eigenvalue weighted by atomic mass is 32.1. The van der Waals surface area contributed by atoms with Gasteiger partial charge in [0.15, 0.2) is 3.95 Å². The molecule has 0 bridgehead atoms. The second-order valence-corrected chi connectivity index (χ2v) is 6.84. The van der Waals surface area contributed by atoms with E-state index in [0.29, 0.717) is 0 Å². The molecule has 1 nitrogen and oxygen atoms in total. The van der Waals surface area contributed by atoms with Gasteiger partial charge in [0.2, 0.25) is 0 Å². The lowest BCUT2D eigenvalue weighted by Gasteiger charge is -2.04. The average Bonchev–Trinajstić information content (AvgIpc) is 2.75. The number of H-pyrrole nitrogens is 1. The predicted molar refractivity (Wildman–Crippen MR) is 87.5 cm³/mol. The number of benzene rings is 1. The molecule has 0 saturated carbocycles. The Kier molecular flexibility index (Phi) is 5.34. The highest BCUT2D eigenvalue weighted by Gasteiger charge is 2.04. The molecular formula is C16H21NS2. The van der Waals surface area contributed by atoms with E-state index >= 15 is 0 Å². The molecule has 1 aromatic carbocycles. The van der Waals surface area contributed by atoms with Gasteiger partial charge in [-0.05, 0) is 43.1 Å². The minimum absolute atomic E-state index is 0.858. The Morgan fingerprint density at radius 2 is 1.84 bits per heavy atom. The van der Waals surface area contributed by atoms with Crippen LogP contribution in [0.2, 0.25) is 0 Å². The molecule has 0 fully saturated rings. The van der Waals surface area contributed by atoms with E-state index in [1.807, 2.05) is 0 Å². The Bertz CT molecular complexity index is 563. The van der Waals surface area contributed by atoms with Crippen LogP contribution in [0.15, 0.2) is 24.3 Å². The second-order valence-electron chi connectivity index (χ2n) is 4.95. The minimum atomic E-state index is 0.858. The quantitative estimate of drug-likeness (QED) is 0.517. The molecule has 0 radical (unpaired) electrons. The van der Waals surface area contributed by atoms with E-state index in [1.165, 1.54) is 53.8 Å². The van der Waals surface area contributed by atoms with Crippen molar-refractivity contribution in [1.29, 1.82) is 0 Å². The summed E-state index contributed by atoms with van der Waals surface area (Å²) in [4.78, 5) is 4.54. The lowest BCUT2D eigenvalue weighted by molar-refractivity contribution is 0.667. The van der Waals surface area contributed by atoms with Gasteiger partial charge in [0.25, 0.3) is 0 Å². The van der Waals surface area contributed by atoms with Crippen LogP contribution in [0.5, 0.6) is 0 Å². The third-order valence-electron chi connectivity index (χ3n) is 3.39. The standard InChI is InChI=1S/C16H21NS2/c1-3-4-5-6-7-13-8-10-14(11-9-13)15-12(2)19-16(18)17-15/h8-11H,3-7H2,1-2H3,(H,17,18). The zero-order chi connectivity index (χ0) is 13.7. The average molecular weight is 291 g/mol. The van der Waals surface area contributed by atoms with Crippen LogP contribution in [0, 0.1) is 10.9 Å². The van der Waals surface area contributed by atoms with Gasteiger partial charge >= 0.3 is 0 Å². The number of aromatic nitrogens is 1. The molecule has 1 N–H and O–H groups in total. The summed E-state index contributed by atoms with van der Waals surface area (Å²) in [6, 6.07) is 8.90. The van der Waals surface area contributed by atoms with Crippen molar-refractivity contribution in [3.05, 3.63) is 38.7 Å². The molecule has 0 unspecified atom stereocenters. The van der Waals surface area contributed by atoms with Crippen molar-refractivity contribution < 1.29 is 0 Å². The first-order valence-electron chi connectivity index (χ1n) is 6.99. The number of hydrogen-bond acceptors (Lipinski definition) is 2. The van der Waals surface area contributed by atoms with Crippen molar-refractivity contribution >= 4 is 23.6 Å². The first kappa shape index (κ1) is 14.5. The smallest absolute Gasteiger partial charge is 0.159 e. The van der Waals surface area contributed by atoms with E-state index in [2.05, 4.69) is 43.1 Å². The monoisotopic (exact) mass is 291 g/mol. The van der Waals surface area contributed by atoms with Crippen LogP contribution < -0.4 is 0 Å². The molecule has 0 saturated heterocycles. The fraction of sp³-hybridized carbons (Fsp3) is 0.438. The van der Waals surface area contributed by atoms with Crippen LogP contribution in [0.1, 0.15) is 43.0 Å². The van der Waals surface area contributed by atoms with Crippen LogP contribution in [0.3, 0.4) is 0 Å². The van der Waals surface area contributed by atoms with Crippen LogP contribution in [0.4, 0.5) is 0 Å². The maximum absolute atomic E-state index is 5.19. The summed E-state index contributed by atoms with van der Waals surface area (Å²) in [6.07, 6.45) is 6.49.